The number of hydrogen-bond acceptors (Lipinski definition) is 6. The number of nitrogens with zero attached hydrogens (tertiary/aromatic N) is 1. The average Bonchev–Trinajstić information content (AvgIpc) is 2.78. The summed E-state index contributed by atoms with van der Waals surface area (Å²) in [7, 11) is 0. The fraction of sp³-hybridized carbons (Fsp3) is 0.500. The van der Waals surface area contributed by atoms with E-state index >= 15 is 0 Å². The zero-order valence-corrected chi connectivity index (χ0v) is 18.8. The van der Waals surface area contributed by atoms with E-state index in [4.69, 9.17) is 21.1 Å². The van der Waals surface area contributed by atoms with Gasteiger partial charge in [0.05, 0.1) is 0 Å². The van der Waals surface area contributed by atoms with Gasteiger partial charge in [0, 0.05) is 24.2 Å². The predicted molar refractivity (Wildman–Crippen MR) is 123 cm³/mol. The van der Waals surface area contributed by atoms with Gasteiger partial charge in [-0.1, -0.05) is 29.3 Å². The highest BCUT2D eigenvalue weighted by Crippen LogP contribution is 2.16. The molecule has 2 unspecified atom stereocenters. The van der Waals surface area contributed by atoms with Gasteiger partial charge in [0.1, 0.15) is 36.9 Å². The number of rotatable bonds is 11. The lowest BCUT2D eigenvalue weighted by molar-refractivity contribution is 0.0556. The molecule has 0 spiro atoms. The van der Waals surface area contributed by atoms with Gasteiger partial charge in [-0.3, -0.25) is 0 Å². The molecule has 7 heteroatoms. The average molecular weight is 449 g/mol. The third-order valence-corrected chi connectivity index (χ3v) is 5.67. The molecule has 0 amide bonds. The van der Waals surface area contributed by atoms with Gasteiger partial charge in [0.2, 0.25) is 0 Å². The van der Waals surface area contributed by atoms with Gasteiger partial charge in [-0.15, -0.1) is 0 Å². The first-order chi connectivity index (χ1) is 15.0. The molecule has 2 aromatic carbocycles. The first-order valence-corrected chi connectivity index (χ1v) is 11.3. The molecular formula is C24H33ClN2O4. The Hall–Kier alpha value is -1.83. The largest absolute Gasteiger partial charge is 0.491 e. The van der Waals surface area contributed by atoms with E-state index in [1.54, 1.807) is 24.3 Å². The zero-order chi connectivity index (χ0) is 22.1. The molecule has 0 aliphatic carbocycles. The van der Waals surface area contributed by atoms with Crippen molar-refractivity contribution < 1.29 is 19.7 Å². The van der Waals surface area contributed by atoms with Crippen molar-refractivity contribution in [3.05, 3.63) is 59.1 Å². The Morgan fingerprint density at radius 1 is 0.935 bits per heavy atom. The molecule has 170 valence electrons. The fourth-order valence-electron chi connectivity index (χ4n) is 3.58. The smallest absolute Gasteiger partial charge is 0.119 e. The number of benzene rings is 2. The molecule has 0 aromatic heterocycles. The summed E-state index contributed by atoms with van der Waals surface area (Å²) < 4.78 is 11.3. The number of likely N-dealkylation sites (tertiary alicyclic amines) is 1. The van der Waals surface area contributed by atoms with Crippen LogP contribution >= 0.6 is 11.6 Å². The normalized spacial score (nSPS) is 17.3. The van der Waals surface area contributed by atoms with Crippen molar-refractivity contribution in [3.63, 3.8) is 0 Å². The van der Waals surface area contributed by atoms with Crippen molar-refractivity contribution in [2.75, 3.05) is 39.4 Å². The SMILES string of the molecule is Cc1ccc(OCC(O)CNC2CCN(CC(O)COc3ccc(Cl)cc3)CC2)cc1. The number of hydrogen-bond donors (Lipinski definition) is 3. The number of aliphatic hydroxyl groups is 2. The van der Waals surface area contributed by atoms with Crippen LogP contribution in [0.3, 0.4) is 0 Å². The quantitative estimate of drug-likeness (QED) is 0.491. The lowest BCUT2D eigenvalue weighted by Crippen LogP contribution is -2.47. The number of aliphatic hydroxyl groups excluding tert-OH is 2. The molecule has 6 nitrogen and oxygen atoms in total. The van der Waals surface area contributed by atoms with Crippen LogP contribution in [0.2, 0.25) is 5.02 Å². The van der Waals surface area contributed by atoms with Crippen LogP contribution in [0, 0.1) is 6.92 Å². The summed E-state index contributed by atoms with van der Waals surface area (Å²) in [6, 6.07) is 15.3. The molecular weight excluding hydrogens is 416 g/mol. The Labute approximate surface area is 189 Å². The van der Waals surface area contributed by atoms with Crippen LogP contribution in [-0.2, 0) is 0 Å². The van der Waals surface area contributed by atoms with E-state index in [-0.39, 0.29) is 13.2 Å². The number of β-amino-alcohol motifs (C(OH)–C–C–N with tert-alkyl or cyclic N) is 1. The fourth-order valence-corrected chi connectivity index (χ4v) is 3.71. The molecule has 2 aromatic rings. The maximum Gasteiger partial charge on any atom is 0.119 e. The van der Waals surface area contributed by atoms with E-state index in [0.717, 1.165) is 31.7 Å². The van der Waals surface area contributed by atoms with Crippen LogP contribution < -0.4 is 14.8 Å². The maximum absolute atomic E-state index is 10.3. The van der Waals surface area contributed by atoms with E-state index in [0.29, 0.717) is 29.9 Å². The maximum atomic E-state index is 10.3. The molecule has 31 heavy (non-hydrogen) atoms. The van der Waals surface area contributed by atoms with Crippen LogP contribution in [0.15, 0.2) is 48.5 Å². The molecule has 1 fully saturated rings. The van der Waals surface area contributed by atoms with Gasteiger partial charge < -0.3 is 29.9 Å². The minimum absolute atomic E-state index is 0.257. The third kappa shape index (κ3) is 8.67. The van der Waals surface area contributed by atoms with Crippen molar-refractivity contribution in [2.24, 2.45) is 0 Å². The highest BCUT2D eigenvalue weighted by molar-refractivity contribution is 6.30. The van der Waals surface area contributed by atoms with E-state index in [1.807, 2.05) is 31.2 Å². The summed E-state index contributed by atoms with van der Waals surface area (Å²) >= 11 is 5.86. The second-order valence-electron chi connectivity index (χ2n) is 8.18. The first kappa shape index (κ1) is 23.8. The van der Waals surface area contributed by atoms with Crippen molar-refractivity contribution in [2.45, 2.75) is 38.0 Å². The number of piperidine rings is 1. The van der Waals surface area contributed by atoms with Crippen LogP contribution in [0.1, 0.15) is 18.4 Å². The molecule has 1 aliphatic rings. The van der Waals surface area contributed by atoms with Crippen LogP contribution in [0.25, 0.3) is 0 Å². The van der Waals surface area contributed by atoms with Gasteiger partial charge in [-0.05, 0) is 69.3 Å². The van der Waals surface area contributed by atoms with Crippen LogP contribution in [0.4, 0.5) is 0 Å². The van der Waals surface area contributed by atoms with Gasteiger partial charge in [0.15, 0.2) is 0 Å². The molecule has 0 saturated carbocycles. The third-order valence-electron chi connectivity index (χ3n) is 5.42. The van der Waals surface area contributed by atoms with E-state index in [1.165, 1.54) is 5.56 Å². The molecule has 3 rings (SSSR count). The predicted octanol–water partition coefficient (Wildman–Crippen LogP) is 2.88. The number of ether oxygens (including phenoxy) is 2. The van der Waals surface area contributed by atoms with Crippen molar-refractivity contribution in [1.29, 1.82) is 0 Å². The monoisotopic (exact) mass is 448 g/mol. The lowest BCUT2D eigenvalue weighted by atomic mass is 10.0. The Bertz CT molecular complexity index is 764. The number of nitrogens with one attached hydrogen (secondary N) is 1. The van der Waals surface area contributed by atoms with E-state index < -0.39 is 12.2 Å². The van der Waals surface area contributed by atoms with Crippen LogP contribution in [-0.4, -0.2) is 72.8 Å². The summed E-state index contributed by atoms with van der Waals surface area (Å²) in [5.74, 6) is 1.48. The molecule has 1 aliphatic heterocycles. The van der Waals surface area contributed by atoms with Gasteiger partial charge >= 0.3 is 0 Å². The van der Waals surface area contributed by atoms with Crippen molar-refractivity contribution >= 4 is 11.6 Å². The second-order valence-corrected chi connectivity index (χ2v) is 8.62. The summed E-state index contributed by atoms with van der Waals surface area (Å²) in [5.41, 5.74) is 1.18. The minimum atomic E-state index is -0.550. The Kier molecular flexibility index (Phi) is 9.43. The van der Waals surface area contributed by atoms with Gasteiger partial charge in [-0.2, -0.15) is 0 Å². The topological polar surface area (TPSA) is 74.2 Å². The van der Waals surface area contributed by atoms with E-state index in [9.17, 15) is 10.2 Å². The Morgan fingerprint density at radius 3 is 2.10 bits per heavy atom. The summed E-state index contributed by atoms with van der Waals surface area (Å²) in [6.45, 7) is 5.48. The van der Waals surface area contributed by atoms with Gasteiger partial charge in [-0.25, -0.2) is 0 Å². The standard InChI is InChI=1S/C24H33ClN2O4/c1-18-2-6-23(7-3-18)30-16-21(28)14-26-20-10-12-27(13-11-20)15-22(29)17-31-24-8-4-19(25)5-9-24/h2-9,20-22,26,28-29H,10-17H2,1H3. The second kappa shape index (κ2) is 12.3. The van der Waals surface area contributed by atoms with Gasteiger partial charge in [0.25, 0.3) is 0 Å². The molecule has 2 atom stereocenters. The molecule has 0 bridgehead atoms. The van der Waals surface area contributed by atoms with Crippen molar-refractivity contribution in [3.8, 4) is 11.5 Å². The van der Waals surface area contributed by atoms with Crippen LogP contribution in [0.5, 0.6) is 11.5 Å². The number of aryl methyl sites for hydroxylation is 1. The minimum Gasteiger partial charge on any atom is -0.491 e. The first-order valence-electron chi connectivity index (χ1n) is 10.9. The Morgan fingerprint density at radius 2 is 1.48 bits per heavy atom. The highest BCUT2D eigenvalue weighted by Gasteiger charge is 2.21. The Balaban J connectivity index is 1.26. The molecule has 0 radical (unpaired) electrons. The zero-order valence-electron chi connectivity index (χ0n) is 18.0. The molecule has 1 saturated heterocycles. The summed E-state index contributed by atoms with van der Waals surface area (Å²) in [6.07, 6.45) is 0.874. The lowest BCUT2D eigenvalue weighted by Gasteiger charge is -2.33. The summed E-state index contributed by atoms with van der Waals surface area (Å²) in [4.78, 5) is 2.25. The molecule has 3 N–H and O–H groups in total. The number of halogens is 1. The summed E-state index contributed by atoms with van der Waals surface area (Å²) in [5, 5.41) is 24.6. The highest BCUT2D eigenvalue weighted by atomic mass is 35.5. The molecule has 1 heterocycles. The van der Waals surface area contributed by atoms with E-state index in [2.05, 4.69) is 10.2 Å². The van der Waals surface area contributed by atoms with Crippen molar-refractivity contribution in [1.82, 2.24) is 10.2 Å².